The van der Waals surface area contributed by atoms with Crippen molar-refractivity contribution in [2.45, 2.75) is 12.5 Å². The largest absolute Gasteiger partial charge is 0.496 e. The SMILES string of the molecule is COc1csc(C(=O)N[C@@H](CC(=O)O)C(=O)O)c1. The van der Waals surface area contributed by atoms with Crippen LogP contribution in [0.5, 0.6) is 5.75 Å². The molecule has 1 rings (SSSR count). The average Bonchev–Trinajstić information content (AvgIpc) is 2.75. The Bertz CT molecular complexity index is 469. The van der Waals surface area contributed by atoms with E-state index in [9.17, 15) is 14.4 Å². The average molecular weight is 273 g/mol. The summed E-state index contributed by atoms with van der Waals surface area (Å²) in [6.45, 7) is 0. The Morgan fingerprint density at radius 3 is 2.56 bits per heavy atom. The fraction of sp³-hybridized carbons (Fsp3) is 0.300. The number of nitrogens with one attached hydrogen (secondary N) is 1. The number of carboxylic acids is 2. The lowest BCUT2D eigenvalue weighted by Crippen LogP contribution is -2.41. The van der Waals surface area contributed by atoms with Crippen molar-refractivity contribution in [2.75, 3.05) is 7.11 Å². The van der Waals surface area contributed by atoms with Crippen LogP contribution in [0, 0.1) is 0 Å². The second kappa shape index (κ2) is 6.01. The lowest BCUT2D eigenvalue weighted by Gasteiger charge is -2.11. The number of amides is 1. The van der Waals surface area contributed by atoms with Crippen LogP contribution < -0.4 is 10.1 Å². The first-order valence-corrected chi connectivity index (χ1v) is 5.70. The van der Waals surface area contributed by atoms with Crippen LogP contribution in [0.1, 0.15) is 16.1 Å². The molecule has 1 amide bonds. The summed E-state index contributed by atoms with van der Waals surface area (Å²) >= 11 is 1.08. The van der Waals surface area contributed by atoms with E-state index in [1.807, 2.05) is 0 Å². The highest BCUT2D eigenvalue weighted by Gasteiger charge is 2.24. The molecule has 3 N–H and O–H groups in total. The predicted octanol–water partition coefficient (Wildman–Crippen LogP) is 0.414. The molecule has 0 aliphatic carbocycles. The molecule has 18 heavy (non-hydrogen) atoms. The zero-order chi connectivity index (χ0) is 13.7. The molecular weight excluding hydrogens is 262 g/mol. The zero-order valence-electron chi connectivity index (χ0n) is 9.37. The van der Waals surface area contributed by atoms with Gasteiger partial charge in [-0.1, -0.05) is 0 Å². The molecule has 0 aromatic carbocycles. The van der Waals surface area contributed by atoms with Crippen LogP contribution in [0.25, 0.3) is 0 Å². The van der Waals surface area contributed by atoms with Crippen LogP contribution in [0.4, 0.5) is 0 Å². The molecule has 1 aromatic heterocycles. The second-order valence-corrected chi connectivity index (χ2v) is 4.22. The minimum atomic E-state index is -1.46. The van der Waals surface area contributed by atoms with Gasteiger partial charge < -0.3 is 20.3 Å². The van der Waals surface area contributed by atoms with Gasteiger partial charge in [-0.15, -0.1) is 11.3 Å². The van der Waals surface area contributed by atoms with E-state index in [1.165, 1.54) is 13.2 Å². The van der Waals surface area contributed by atoms with Gasteiger partial charge in [0.15, 0.2) is 0 Å². The third kappa shape index (κ3) is 3.74. The summed E-state index contributed by atoms with van der Waals surface area (Å²) in [6.07, 6.45) is -0.677. The van der Waals surface area contributed by atoms with Gasteiger partial charge in [-0.05, 0) is 0 Å². The molecule has 1 atom stereocenters. The van der Waals surface area contributed by atoms with Crippen LogP contribution in [0.15, 0.2) is 11.4 Å². The van der Waals surface area contributed by atoms with Crippen molar-refractivity contribution in [3.05, 3.63) is 16.3 Å². The van der Waals surface area contributed by atoms with E-state index in [0.717, 1.165) is 11.3 Å². The molecule has 7 nitrogen and oxygen atoms in total. The molecule has 8 heteroatoms. The first kappa shape index (κ1) is 14.0. The first-order valence-electron chi connectivity index (χ1n) is 4.82. The summed E-state index contributed by atoms with van der Waals surface area (Å²) in [6, 6.07) is -0.0113. The van der Waals surface area contributed by atoms with Gasteiger partial charge in [0, 0.05) is 11.4 Å². The van der Waals surface area contributed by atoms with Gasteiger partial charge >= 0.3 is 11.9 Å². The number of thiophene rings is 1. The highest BCUT2D eigenvalue weighted by Crippen LogP contribution is 2.21. The minimum Gasteiger partial charge on any atom is -0.496 e. The number of hydrogen-bond donors (Lipinski definition) is 3. The summed E-state index contributed by atoms with van der Waals surface area (Å²) in [5, 5.41) is 21.0. The second-order valence-electron chi connectivity index (χ2n) is 3.31. The molecule has 0 saturated carbocycles. The van der Waals surface area contributed by atoms with Crippen molar-refractivity contribution in [3.63, 3.8) is 0 Å². The standard InChI is InChI=1S/C10H11NO6S/c1-17-5-2-7(18-4-5)9(14)11-6(10(15)16)3-8(12)13/h2,4,6H,3H2,1H3,(H,11,14)(H,12,13)(H,15,16)/t6-/m0/s1. The van der Waals surface area contributed by atoms with E-state index in [-0.39, 0.29) is 4.88 Å². The van der Waals surface area contributed by atoms with Crippen molar-refractivity contribution in [1.82, 2.24) is 5.32 Å². The first-order chi connectivity index (χ1) is 8.43. The summed E-state index contributed by atoms with van der Waals surface area (Å²) in [5.41, 5.74) is 0. The van der Waals surface area contributed by atoms with Crippen LogP contribution in [0.2, 0.25) is 0 Å². The predicted molar refractivity (Wildman–Crippen MR) is 62.0 cm³/mol. The third-order valence-electron chi connectivity index (χ3n) is 2.02. The maximum Gasteiger partial charge on any atom is 0.326 e. The van der Waals surface area contributed by atoms with Gasteiger partial charge in [-0.25, -0.2) is 4.79 Å². The Morgan fingerprint density at radius 2 is 2.11 bits per heavy atom. The number of rotatable bonds is 6. The fourth-order valence-electron chi connectivity index (χ4n) is 1.15. The van der Waals surface area contributed by atoms with E-state index in [0.29, 0.717) is 5.75 Å². The molecule has 0 aliphatic heterocycles. The molecule has 0 aliphatic rings. The maximum absolute atomic E-state index is 11.7. The molecule has 1 heterocycles. The van der Waals surface area contributed by atoms with Crippen molar-refractivity contribution in [1.29, 1.82) is 0 Å². The molecule has 0 saturated heterocycles. The van der Waals surface area contributed by atoms with Crippen molar-refractivity contribution in [2.24, 2.45) is 0 Å². The van der Waals surface area contributed by atoms with Crippen LogP contribution in [-0.2, 0) is 9.59 Å². The number of aliphatic carboxylic acids is 2. The van der Waals surface area contributed by atoms with Gasteiger partial charge in [-0.3, -0.25) is 9.59 Å². The summed E-state index contributed by atoms with van der Waals surface area (Å²) < 4.78 is 4.88. The molecule has 1 aromatic rings. The lowest BCUT2D eigenvalue weighted by molar-refractivity contribution is -0.145. The summed E-state index contributed by atoms with van der Waals surface area (Å²) in [4.78, 5) is 33.1. The Balaban J connectivity index is 2.71. The minimum absolute atomic E-state index is 0.253. The van der Waals surface area contributed by atoms with Gasteiger partial charge in [0.1, 0.15) is 11.8 Å². The van der Waals surface area contributed by atoms with Crippen molar-refractivity contribution < 1.29 is 29.3 Å². The fourth-order valence-corrected chi connectivity index (χ4v) is 1.91. The Labute approximate surface area is 106 Å². The molecule has 0 radical (unpaired) electrons. The molecular formula is C10H11NO6S. The zero-order valence-corrected chi connectivity index (χ0v) is 10.2. The van der Waals surface area contributed by atoms with E-state index in [2.05, 4.69) is 5.32 Å². The van der Waals surface area contributed by atoms with E-state index < -0.39 is 30.3 Å². The number of carbonyl (C=O) groups excluding carboxylic acids is 1. The number of carbonyl (C=O) groups is 3. The summed E-state index contributed by atoms with van der Waals surface area (Å²) in [5.74, 6) is -2.85. The van der Waals surface area contributed by atoms with Gasteiger partial charge in [0.25, 0.3) is 5.91 Å². The van der Waals surface area contributed by atoms with Gasteiger partial charge in [-0.2, -0.15) is 0 Å². The van der Waals surface area contributed by atoms with E-state index in [1.54, 1.807) is 5.38 Å². The van der Waals surface area contributed by atoms with Crippen molar-refractivity contribution in [3.8, 4) is 5.75 Å². The quantitative estimate of drug-likeness (QED) is 0.692. The molecule has 0 bridgehead atoms. The topological polar surface area (TPSA) is 113 Å². The number of ether oxygens (including phenoxy) is 1. The smallest absolute Gasteiger partial charge is 0.326 e. The van der Waals surface area contributed by atoms with Crippen LogP contribution in [0.3, 0.4) is 0 Å². The number of carboxylic acid groups (broad SMARTS) is 2. The third-order valence-corrected chi connectivity index (χ3v) is 2.92. The van der Waals surface area contributed by atoms with Gasteiger partial charge in [0.05, 0.1) is 18.4 Å². The maximum atomic E-state index is 11.7. The van der Waals surface area contributed by atoms with Gasteiger partial charge in [0.2, 0.25) is 0 Å². The monoisotopic (exact) mass is 273 g/mol. The van der Waals surface area contributed by atoms with E-state index >= 15 is 0 Å². The molecule has 0 unspecified atom stereocenters. The Kier molecular flexibility index (Phi) is 4.67. The molecule has 98 valence electrons. The van der Waals surface area contributed by atoms with Crippen molar-refractivity contribution >= 4 is 29.2 Å². The molecule has 0 fully saturated rings. The normalized spacial score (nSPS) is 11.6. The summed E-state index contributed by atoms with van der Waals surface area (Å²) in [7, 11) is 1.44. The van der Waals surface area contributed by atoms with Crippen LogP contribution >= 0.6 is 11.3 Å². The molecule has 0 spiro atoms. The number of hydrogen-bond acceptors (Lipinski definition) is 5. The highest BCUT2D eigenvalue weighted by atomic mass is 32.1. The Hall–Kier alpha value is -2.09. The highest BCUT2D eigenvalue weighted by molar-refractivity contribution is 7.12. The van der Waals surface area contributed by atoms with E-state index in [4.69, 9.17) is 14.9 Å². The lowest BCUT2D eigenvalue weighted by atomic mass is 10.2. The Morgan fingerprint density at radius 1 is 1.44 bits per heavy atom. The number of methoxy groups -OCH3 is 1. The van der Waals surface area contributed by atoms with Crippen LogP contribution in [-0.4, -0.2) is 41.2 Å².